The van der Waals surface area contributed by atoms with Crippen LogP contribution in [0.5, 0.6) is 23.0 Å². The van der Waals surface area contributed by atoms with Crippen LogP contribution in [0.3, 0.4) is 0 Å². The van der Waals surface area contributed by atoms with Crippen LogP contribution >= 0.6 is 0 Å². The molecule has 0 bridgehead atoms. The highest BCUT2D eigenvalue weighted by atomic mass is 16.5. The minimum atomic E-state index is 0.620. The normalized spacial score (nSPS) is 10.6. The highest BCUT2D eigenvalue weighted by molar-refractivity contribution is 5.93. The van der Waals surface area contributed by atoms with E-state index in [-0.39, 0.29) is 0 Å². The lowest BCUT2D eigenvalue weighted by molar-refractivity contribution is 0.356. The molecule has 4 aromatic rings. The fourth-order valence-electron chi connectivity index (χ4n) is 3.02. The van der Waals surface area contributed by atoms with Gasteiger partial charge in [0.2, 0.25) is 0 Å². The third kappa shape index (κ3) is 3.91. The Morgan fingerprint density at radius 1 is 0.793 bits per heavy atom. The first-order valence-corrected chi connectivity index (χ1v) is 9.15. The Balaban J connectivity index is 1.69. The molecule has 0 fully saturated rings. The molecule has 0 saturated carbocycles. The Bertz CT molecular complexity index is 1150. The van der Waals surface area contributed by atoms with Crippen molar-refractivity contribution < 1.29 is 14.2 Å². The summed E-state index contributed by atoms with van der Waals surface area (Å²) in [7, 11) is 3.21. The third-order valence-electron chi connectivity index (χ3n) is 4.56. The molecule has 1 N–H and O–H groups in total. The van der Waals surface area contributed by atoms with Crippen LogP contribution in [-0.2, 0) is 0 Å². The summed E-state index contributed by atoms with van der Waals surface area (Å²) in [6.45, 7) is 2.01. The van der Waals surface area contributed by atoms with Crippen LogP contribution in [0, 0.1) is 6.92 Å². The maximum Gasteiger partial charge on any atom is 0.162 e. The molecule has 3 aromatic carbocycles. The van der Waals surface area contributed by atoms with Crippen LogP contribution < -0.4 is 19.5 Å². The van der Waals surface area contributed by atoms with E-state index in [1.165, 1.54) is 6.33 Å². The number of rotatable bonds is 6. The van der Waals surface area contributed by atoms with Gasteiger partial charge in [0.15, 0.2) is 11.5 Å². The van der Waals surface area contributed by atoms with Gasteiger partial charge in [0.25, 0.3) is 0 Å². The summed E-state index contributed by atoms with van der Waals surface area (Å²) in [5, 5.41) is 4.19. The number of nitrogens with one attached hydrogen (secondary N) is 1. The first kappa shape index (κ1) is 18.6. The van der Waals surface area contributed by atoms with E-state index in [1.54, 1.807) is 14.2 Å². The van der Waals surface area contributed by atoms with Crippen molar-refractivity contribution >= 4 is 22.4 Å². The molecule has 0 radical (unpaired) electrons. The first-order valence-electron chi connectivity index (χ1n) is 9.15. The average molecular weight is 387 g/mol. The number of fused-ring (bicyclic) bond motifs is 1. The van der Waals surface area contributed by atoms with Gasteiger partial charge in [-0.25, -0.2) is 9.97 Å². The molecule has 4 rings (SSSR count). The van der Waals surface area contributed by atoms with E-state index >= 15 is 0 Å². The van der Waals surface area contributed by atoms with Crippen LogP contribution in [0.2, 0.25) is 0 Å². The van der Waals surface area contributed by atoms with Gasteiger partial charge in [0, 0.05) is 23.2 Å². The molecular weight excluding hydrogens is 366 g/mol. The van der Waals surface area contributed by atoms with Gasteiger partial charge >= 0.3 is 0 Å². The largest absolute Gasteiger partial charge is 0.493 e. The smallest absolute Gasteiger partial charge is 0.162 e. The Labute approximate surface area is 169 Å². The SMILES string of the molecule is COc1cc2ncnc(Nc3ccc(C)c(Oc4ccccc4)c3)c2cc1OC. The van der Waals surface area contributed by atoms with Crippen LogP contribution in [0.4, 0.5) is 11.5 Å². The summed E-state index contributed by atoms with van der Waals surface area (Å²) in [4.78, 5) is 8.75. The quantitative estimate of drug-likeness (QED) is 0.472. The van der Waals surface area contributed by atoms with Gasteiger partial charge in [0.1, 0.15) is 23.6 Å². The zero-order valence-electron chi connectivity index (χ0n) is 16.5. The van der Waals surface area contributed by atoms with E-state index < -0.39 is 0 Å². The number of benzene rings is 3. The maximum atomic E-state index is 6.03. The molecule has 0 spiro atoms. The summed E-state index contributed by atoms with van der Waals surface area (Å²) < 4.78 is 16.8. The number of hydrogen-bond donors (Lipinski definition) is 1. The fraction of sp³-hybridized carbons (Fsp3) is 0.130. The minimum absolute atomic E-state index is 0.620. The van der Waals surface area contributed by atoms with Crippen molar-refractivity contribution in [1.82, 2.24) is 9.97 Å². The van der Waals surface area contributed by atoms with Gasteiger partial charge < -0.3 is 19.5 Å². The number of hydrogen-bond acceptors (Lipinski definition) is 6. The van der Waals surface area contributed by atoms with Gasteiger partial charge in [-0.1, -0.05) is 24.3 Å². The minimum Gasteiger partial charge on any atom is -0.493 e. The van der Waals surface area contributed by atoms with Crippen molar-refractivity contribution in [2.24, 2.45) is 0 Å². The summed E-state index contributed by atoms with van der Waals surface area (Å²) in [6, 6.07) is 19.4. The van der Waals surface area contributed by atoms with Crippen LogP contribution in [0.25, 0.3) is 10.9 Å². The Kier molecular flexibility index (Phi) is 5.16. The van der Waals surface area contributed by atoms with Gasteiger partial charge in [0.05, 0.1) is 19.7 Å². The van der Waals surface area contributed by atoms with Crippen molar-refractivity contribution in [3.05, 3.63) is 72.6 Å². The number of nitrogens with zero attached hydrogens (tertiary/aromatic N) is 2. The van der Waals surface area contributed by atoms with E-state index in [2.05, 4.69) is 15.3 Å². The summed E-state index contributed by atoms with van der Waals surface area (Å²) in [5.41, 5.74) is 2.66. The second kappa shape index (κ2) is 8.06. The lowest BCUT2D eigenvalue weighted by Gasteiger charge is -2.14. The molecule has 0 aliphatic rings. The number of para-hydroxylation sites is 1. The summed E-state index contributed by atoms with van der Waals surface area (Å²) >= 11 is 0. The molecule has 0 aliphatic heterocycles. The summed E-state index contributed by atoms with van der Waals surface area (Å²) in [6.07, 6.45) is 1.52. The molecule has 1 heterocycles. The van der Waals surface area contributed by atoms with Crippen molar-refractivity contribution in [3.63, 3.8) is 0 Å². The molecule has 0 unspecified atom stereocenters. The third-order valence-corrected chi connectivity index (χ3v) is 4.56. The molecule has 6 nitrogen and oxygen atoms in total. The van der Waals surface area contributed by atoms with E-state index in [4.69, 9.17) is 14.2 Å². The standard InChI is InChI=1S/C23H21N3O3/c1-15-9-10-16(11-20(15)29-17-7-5-4-6-8-17)26-23-18-12-21(27-2)22(28-3)13-19(18)24-14-25-23/h4-14H,1-3H3,(H,24,25,26). The highest BCUT2D eigenvalue weighted by Gasteiger charge is 2.12. The fourth-order valence-corrected chi connectivity index (χ4v) is 3.02. The van der Waals surface area contributed by atoms with Gasteiger partial charge in [-0.3, -0.25) is 0 Å². The van der Waals surface area contributed by atoms with E-state index in [0.29, 0.717) is 17.3 Å². The second-order valence-electron chi connectivity index (χ2n) is 6.47. The zero-order chi connectivity index (χ0) is 20.2. The molecular formula is C23H21N3O3. The van der Waals surface area contributed by atoms with Crippen molar-refractivity contribution in [2.75, 3.05) is 19.5 Å². The monoisotopic (exact) mass is 387 g/mol. The second-order valence-corrected chi connectivity index (χ2v) is 6.47. The number of aryl methyl sites for hydroxylation is 1. The number of methoxy groups -OCH3 is 2. The lowest BCUT2D eigenvalue weighted by atomic mass is 10.1. The number of anilines is 2. The first-order chi connectivity index (χ1) is 14.2. The molecule has 0 atom stereocenters. The predicted molar refractivity (Wildman–Crippen MR) is 114 cm³/mol. The van der Waals surface area contributed by atoms with Crippen molar-refractivity contribution in [3.8, 4) is 23.0 Å². The van der Waals surface area contributed by atoms with Crippen molar-refractivity contribution in [2.45, 2.75) is 6.92 Å². The zero-order valence-corrected chi connectivity index (χ0v) is 16.5. The molecule has 29 heavy (non-hydrogen) atoms. The Morgan fingerprint density at radius 3 is 2.31 bits per heavy atom. The Hall–Kier alpha value is -3.80. The van der Waals surface area contributed by atoms with Gasteiger partial charge in [-0.2, -0.15) is 0 Å². The average Bonchev–Trinajstić information content (AvgIpc) is 2.76. The Morgan fingerprint density at radius 2 is 1.55 bits per heavy atom. The molecule has 0 amide bonds. The van der Waals surface area contributed by atoms with Gasteiger partial charge in [-0.15, -0.1) is 0 Å². The van der Waals surface area contributed by atoms with Crippen LogP contribution in [-0.4, -0.2) is 24.2 Å². The van der Waals surface area contributed by atoms with E-state index in [0.717, 1.165) is 33.7 Å². The molecule has 1 aromatic heterocycles. The van der Waals surface area contributed by atoms with Crippen LogP contribution in [0.15, 0.2) is 67.0 Å². The van der Waals surface area contributed by atoms with E-state index in [1.807, 2.05) is 67.6 Å². The number of aromatic nitrogens is 2. The molecule has 6 heteroatoms. The molecule has 146 valence electrons. The maximum absolute atomic E-state index is 6.03. The predicted octanol–water partition coefficient (Wildman–Crippen LogP) is 5.49. The lowest BCUT2D eigenvalue weighted by Crippen LogP contribution is -1.98. The van der Waals surface area contributed by atoms with E-state index in [9.17, 15) is 0 Å². The molecule has 0 saturated heterocycles. The van der Waals surface area contributed by atoms with Gasteiger partial charge in [-0.05, 0) is 36.8 Å². The number of ether oxygens (including phenoxy) is 3. The van der Waals surface area contributed by atoms with Crippen molar-refractivity contribution in [1.29, 1.82) is 0 Å². The van der Waals surface area contributed by atoms with Crippen LogP contribution in [0.1, 0.15) is 5.56 Å². The summed E-state index contributed by atoms with van der Waals surface area (Å²) in [5.74, 6) is 3.48. The topological polar surface area (TPSA) is 65.5 Å². The highest BCUT2D eigenvalue weighted by Crippen LogP contribution is 2.35. The molecule has 0 aliphatic carbocycles.